The minimum atomic E-state index is -0.198. The zero-order valence-electron chi connectivity index (χ0n) is 10.7. The Bertz CT molecular complexity index is 326. The number of nitrogens with zero attached hydrogens (tertiary/aromatic N) is 1. The highest BCUT2D eigenvalue weighted by atomic mass is 19.1. The largest absolute Gasteiger partial charge is 0.395 e. The van der Waals surface area contributed by atoms with Gasteiger partial charge in [0.1, 0.15) is 5.82 Å². The molecule has 0 saturated heterocycles. The van der Waals surface area contributed by atoms with Crippen molar-refractivity contribution in [3.63, 3.8) is 0 Å². The summed E-state index contributed by atoms with van der Waals surface area (Å²) in [5.74, 6) is -0.198. The molecule has 0 aliphatic rings. The molecule has 1 N–H and O–H groups in total. The predicted octanol–water partition coefficient (Wildman–Crippen LogP) is 2.81. The van der Waals surface area contributed by atoms with Gasteiger partial charge in [0.05, 0.1) is 6.61 Å². The van der Waals surface area contributed by atoms with Crippen molar-refractivity contribution in [1.29, 1.82) is 0 Å². The molecule has 0 spiro atoms. The van der Waals surface area contributed by atoms with Crippen molar-refractivity contribution in [1.82, 2.24) is 4.90 Å². The lowest BCUT2D eigenvalue weighted by atomic mass is 10.1. The Labute approximate surface area is 103 Å². The SMILES string of the molecule is CCC(CC)N(CCO)Cc1cccc(F)c1. The van der Waals surface area contributed by atoms with E-state index < -0.39 is 0 Å². The van der Waals surface area contributed by atoms with Crippen molar-refractivity contribution >= 4 is 0 Å². The normalized spacial score (nSPS) is 11.4. The second-order valence-corrected chi connectivity index (χ2v) is 4.29. The molecule has 0 bridgehead atoms. The molecule has 3 heteroatoms. The molecular weight excluding hydrogens is 217 g/mol. The first-order valence-electron chi connectivity index (χ1n) is 6.30. The zero-order valence-corrected chi connectivity index (χ0v) is 10.7. The van der Waals surface area contributed by atoms with E-state index in [1.807, 2.05) is 6.07 Å². The minimum absolute atomic E-state index is 0.145. The van der Waals surface area contributed by atoms with Crippen molar-refractivity contribution in [2.75, 3.05) is 13.2 Å². The van der Waals surface area contributed by atoms with E-state index in [-0.39, 0.29) is 12.4 Å². The fourth-order valence-corrected chi connectivity index (χ4v) is 2.19. The Morgan fingerprint density at radius 1 is 1.29 bits per heavy atom. The summed E-state index contributed by atoms with van der Waals surface area (Å²) in [6.07, 6.45) is 2.09. The van der Waals surface area contributed by atoms with Crippen LogP contribution in [0.1, 0.15) is 32.3 Å². The molecule has 0 fully saturated rings. The highest BCUT2D eigenvalue weighted by Gasteiger charge is 2.14. The molecule has 0 saturated carbocycles. The molecule has 1 aromatic carbocycles. The fraction of sp³-hybridized carbons (Fsp3) is 0.571. The first-order valence-corrected chi connectivity index (χ1v) is 6.30. The van der Waals surface area contributed by atoms with Crippen LogP contribution in [0.5, 0.6) is 0 Å². The quantitative estimate of drug-likeness (QED) is 0.791. The molecule has 0 atom stereocenters. The van der Waals surface area contributed by atoms with Gasteiger partial charge in [-0.25, -0.2) is 4.39 Å². The molecule has 0 heterocycles. The topological polar surface area (TPSA) is 23.5 Å². The van der Waals surface area contributed by atoms with E-state index in [4.69, 9.17) is 5.11 Å². The molecule has 2 nitrogen and oxygen atoms in total. The van der Waals surface area contributed by atoms with Gasteiger partial charge in [-0.15, -0.1) is 0 Å². The van der Waals surface area contributed by atoms with Crippen LogP contribution >= 0.6 is 0 Å². The summed E-state index contributed by atoms with van der Waals surface area (Å²) in [6, 6.07) is 7.12. The summed E-state index contributed by atoms with van der Waals surface area (Å²) >= 11 is 0. The van der Waals surface area contributed by atoms with Gasteiger partial charge >= 0.3 is 0 Å². The lowest BCUT2D eigenvalue weighted by molar-refractivity contribution is 0.136. The molecular formula is C14H22FNO. The number of hydrogen-bond acceptors (Lipinski definition) is 2. The maximum absolute atomic E-state index is 13.1. The summed E-state index contributed by atoms with van der Waals surface area (Å²) in [7, 11) is 0. The number of hydrogen-bond donors (Lipinski definition) is 1. The molecule has 0 amide bonds. The molecule has 0 aliphatic heterocycles. The number of benzene rings is 1. The summed E-state index contributed by atoms with van der Waals surface area (Å²) in [6.45, 7) is 5.77. The van der Waals surface area contributed by atoms with Gasteiger partial charge in [0.25, 0.3) is 0 Å². The lowest BCUT2D eigenvalue weighted by Gasteiger charge is -2.29. The van der Waals surface area contributed by atoms with Crippen LogP contribution in [0.25, 0.3) is 0 Å². The van der Waals surface area contributed by atoms with Crippen LogP contribution in [0.4, 0.5) is 4.39 Å². The van der Waals surface area contributed by atoms with Crippen molar-refractivity contribution in [3.05, 3.63) is 35.6 Å². The van der Waals surface area contributed by atoms with E-state index in [9.17, 15) is 4.39 Å². The van der Waals surface area contributed by atoms with Crippen LogP contribution < -0.4 is 0 Å². The number of aliphatic hydroxyl groups excluding tert-OH is 1. The molecule has 0 aromatic heterocycles. The Balaban J connectivity index is 2.71. The molecule has 0 aliphatic carbocycles. The summed E-state index contributed by atoms with van der Waals surface area (Å²) in [5.41, 5.74) is 0.963. The van der Waals surface area contributed by atoms with E-state index in [0.717, 1.165) is 18.4 Å². The average molecular weight is 239 g/mol. The molecule has 17 heavy (non-hydrogen) atoms. The molecule has 1 rings (SSSR count). The van der Waals surface area contributed by atoms with Gasteiger partial charge in [0.15, 0.2) is 0 Å². The van der Waals surface area contributed by atoms with Gasteiger partial charge < -0.3 is 5.11 Å². The molecule has 0 radical (unpaired) electrons. The highest BCUT2D eigenvalue weighted by Crippen LogP contribution is 2.14. The standard InChI is InChI=1S/C14H22FNO/c1-3-14(4-2)16(8-9-17)11-12-6-5-7-13(15)10-12/h5-7,10,14,17H,3-4,8-9,11H2,1-2H3. The first-order chi connectivity index (χ1) is 8.21. The predicted molar refractivity (Wildman–Crippen MR) is 68.3 cm³/mol. The Morgan fingerprint density at radius 2 is 2.00 bits per heavy atom. The average Bonchev–Trinajstić information content (AvgIpc) is 2.31. The van der Waals surface area contributed by atoms with Crippen molar-refractivity contribution < 1.29 is 9.50 Å². The second-order valence-electron chi connectivity index (χ2n) is 4.29. The Kier molecular flexibility index (Phi) is 6.16. The van der Waals surface area contributed by atoms with E-state index in [1.54, 1.807) is 12.1 Å². The van der Waals surface area contributed by atoms with Crippen LogP contribution in [0, 0.1) is 5.82 Å². The van der Waals surface area contributed by atoms with Gasteiger partial charge in [-0.3, -0.25) is 4.90 Å². The van der Waals surface area contributed by atoms with E-state index in [0.29, 0.717) is 19.1 Å². The number of aliphatic hydroxyl groups is 1. The Morgan fingerprint density at radius 3 is 2.53 bits per heavy atom. The lowest BCUT2D eigenvalue weighted by Crippen LogP contribution is -2.36. The summed E-state index contributed by atoms with van der Waals surface area (Å²) in [5, 5.41) is 9.09. The van der Waals surface area contributed by atoms with Crippen LogP contribution in [0.15, 0.2) is 24.3 Å². The summed E-state index contributed by atoms with van der Waals surface area (Å²) < 4.78 is 13.1. The fourth-order valence-electron chi connectivity index (χ4n) is 2.19. The van der Waals surface area contributed by atoms with Crippen LogP contribution in [-0.2, 0) is 6.54 Å². The third-order valence-electron chi connectivity index (χ3n) is 3.12. The van der Waals surface area contributed by atoms with Gasteiger partial charge in [-0.05, 0) is 30.5 Å². The minimum Gasteiger partial charge on any atom is -0.395 e. The van der Waals surface area contributed by atoms with Crippen molar-refractivity contribution in [3.8, 4) is 0 Å². The third kappa shape index (κ3) is 4.44. The van der Waals surface area contributed by atoms with Gasteiger partial charge in [0.2, 0.25) is 0 Å². The molecule has 0 unspecified atom stereocenters. The third-order valence-corrected chi connectivity index (χ3v) is 3.12. The van der Waals surface area contributed by atoms with E-state index in [2.05, 4.69) is 18.7 Å². The monoisotopic (exact) mass is 239 g/mol. The smallest absolute Gasteiger partial charge is 0.123 e. The van der Waals surface area contributed by atoms with Gasteiger partial charge in [0, 0.05) is 19.1 Å². The molecule has 96 valence electrons. The van der Waals surface area contributed by atoms with Gasteiger partial charge in [-0.1, -0.05) is 26.0 Å². The Hall–Kier alpha value is -0.930. The van der Waals surface area contributed by atoms with E-state index >= 15 is 0 Å². The van der Waals surface area contributed by atoms with Crippen molar-refractivity contribution in [2.45, 2.75) is 39.3 Å². The number of rotatable bonds is 7. The highest BCUT2D eigenvalue weighted by molar-refractivity contribution is 5.16. The van der Waals surface area contributed by atoms with Crippen LogP contribution in [-0.4, -0.2) is 29.2 Å². The maximum atomic E-state index is 13.1. The van der Waals surface area contributed by atoms with Crippen LogP contribution in [0.3, 0.4) is 0 Å². The second kappa shape index (κ2) is 7.41. The number of halogens is 1. The summed E-state index contributed by atoms with van der Waals surface area (Å²) in [4.78, 5) is 2.22. The van der Waals surface area contributed by atoms with Gasteiger partial charge in [-0.2, -0.15) is 0 Å². The van der Waals surface area contributed by atoms with Crippen molar-refractivity contribution in [2.24, 2.45) is 0 Å². The molecule has 1 aromatic rings. The van der Waals surface area contributed by atoms with E-state index in [1.165, 1.54) is 6.07 Å². The first kappa shape index (κ1) is 14.1. The van der Waals surface area contributed by atoms with Crippen LogP contribution in [0.2, 0.25) is 0 Å². The zero-order chi connectivity index (χ0) is 12.7. The maximum Gasteiger partial charge on any atom is 0.123 e.